The van der Waals surface area contributed by atoms with Crippen LogP contribution in [0.15, 0.2) is 36.9 Å². The lowest BCUT2D eigenvalue weighted by Crippen LogP contribution is -2.29. The van der Waals surface area contributed by atoms with Crippen LogP contribution in [-0.2, 0) is 0 Å². The molecule has 0 aliphatic rings. The molecule has 4 nitrogen and oxygen atoms in total. The van der Waals surface area contributed by atoms with Crippen LogP contribution in [0.25, 0.3) is 0 Å². The fraction of sp³-hybridized carbons (Fsp3) is 0.0909. The molecule has 0 saturated heterocycles. The maximum Gasteiger partial charge on any atom is 0.159 e. The third-order valence-corrected chi connectivity index (χ3v) is 2.36. The van der Waals surface area contributed by atoms with E-state index >= 15 is 0 Å². The number of nitrogens with zero attached hydrogens (tertiary/aromatic N) is 2. The molecule has 0 radical (unpaired) electrons. The second-order valence-corrected chi connectivity index (χ2v) is 3.45. The summed E-state index contributed by atoms with van der Waals surface area (Å²) in [4.78, 5) is 7.69. The van der Waals surface area contributed by atoms with Gasteiger partial charge in [0.05, 0.1) is 6.04 Å². The van der Waals surface area contributed by atoms with Crippen molar-refractivity contribution in [3.8, 4) is 0 Å². The van der Waals surface area contributed by atoms with E-state index in [1.165, 1.54) is 12.4 Å². The van der Waals surface area contributed by atoms with Gasteiger partial charge in [-0.05, 0) is 17.7 Å². The Morgan fingerprint density at radius 1 is 1.06 bits per heavy atom. The van der Waals surface area contributed by atoms with Crippen LogP contribution in [0.1, 0.15) is 17.2 Å². The van der Waals surface area contributed by atoms with Crippen molar-refractivity contribution >= 4 is 0 Å². The highest BCUT2D eigenvalue weighted by molar-refractivity contribution is 5.29. The number of nitrogens with one attached hydrogen (secondary N) is 1. The summed E-state index contributed by atoms with van der Waals surface area (Å²) < 4.78 is 25.9. The van der Waals surface area contributed by atoms with Gasteiger partial charge in [0.15, 0.2) is 11.6 Å². The fourth-order valence-corrected chi connectivity index (χ4v) is 1.54. The van der Waals surface area contributed by atoms with Crippen molar-refractivity contribution in [2.24, 2.45) is 5.84 Å². The van der Waals surface area contributed by atoms with E-state index in [9.17, 15) is 8.78 Å². The fourth-order valence-electron chi connectivity index (χ4n) is 1.54. The summed E-state index contributed by atoms with van der Waals surface area (Å²) in [5.74, 6) is 3.59. The van der Waals surface area contributed by atoms with E-state index in [2.05, 4.69) is 15.4 Å². The van der Waals surface area contributed by atoms with E-state index in [-0.39, 0.29) is 0 Å². The van der Waals surface area contributed by atoms with Crippen molar-refractivity contribution in [3.05, 3.63) is 59.7 Å². The summed E-state index contributed by atoms with van der Waals surface area (Å²) in [6, 6.07) is 3.12. The van der Waals surface area contributed by atoms with Crippen molar-refractivity contribution in [3.63, 3.8) is 0 Å². The molecule has 0 bridgehead atoms. The van der Waals surface area contributed by atoms with Crippen LogP contribution in [0.5, 0.6) is 0 Å². The molecule has 1 aromatic carbocycles. The van der Waals surface area contributed by atoms with Crippen LogP contribution < -0.4 is 11.3 Å². The molecule has 1 aromatic heterocycles. The highest BCUT2D eigenvalue weighted by atomic mass is 19.2. The second-order valence-electron chi connectivity index (χ2n) is 3.45. The molecule has 0 spiro atoms. The van der Waals surface area contributed by atoms with Crippen LogP contribution >= 0.6 is 0 Å². The standard InChI is InChI=1S/C11H10F2N4/c12-9-2-1-7(3-10(9)13)11(17-14)8-4-15-6-16-5-8/h1-6,11,17H,14H2. The van der Waals surface area contributed by atoms with E-state index in [1.807, 2.05) is 0 Å². The van der Waals surface area contributed by atoms with Crippen molar-refractivity contribution < 1.29 is 8.78 Å². The monoisotopic (exact) mass is 236 g/mol. The van der Waals surface area contributed by atoms with Gasteiger partial charge in [0.1, 0.15) is 6.33 Å². The van der Waals surface area contributed by atoms with Gasteiger partial charge < -0.3 is 0 Å². The molecule has 0 saturated carbocycles. The van der Waals surface area contributed by atoms with Gasteiger partial charge in [-0.1, -0.05) is 6.07 Å². The van der Waals surface area contributed by atoms with E-state index in [4.69, 9.17) is 5.84 Å². The normalized spacial score (nSPS) is 12.4. The molecule has 0 aliphatic heterocycles. The van der Waals surface area contributed by atoms with Gasteiger partial charge in [0.25, 0.3) is 0 Å². The molecule has 88 valence electrons. The number of halogens is 2. The van der Waals surface area contributed by atoms with Crippen LogP contribution in [0, 0.1) is 11.6 Å². The average Bonchev–Trinajstić information content (AvgIpc) is 2.36. The topological polar surface area (TPSA) is 63.8 Å². The summed E-state index contributed by atoms with van der Waals surface area (Å²) in [5, 5.41) is 0. The second kappa shape index (κ2) is 4.94. The summed E-state index contributed by atoms with van der Waals surface area (Å²) >= 11 is 0. The number of hydrogen-bond donors (Lipinski definition) is 2. The van der Waals surface area contributed by atoms with Gasteiger partial charge in [-0.3, -0.25) is 5.84 Å². The van der Waals surface area contributed by atoms with Crippen LogP contribution in [0.2, 0.25) is 0 Å². The predicted molar refractivity (Wildman–Crippen MR) is 57.6 cm³/mol. The zero-order valence-corrected chi connectivity index (χ0v) is 8.77. The van der Waals surface area contributed by atoms with Crippen LogP contribution in [0.3, 0.4) is 0 Å². The van der Waals surface area contributed by atoms with Crippen molar-refractivity contribution in [1.29, 1.82) is 0 Å². The summed E-state index contributed by atoms with van der Waals surface area (Å²) in [5.41, 5.74) is 3.68. The Kier molecular flexibility index (Phi) is 3.36. The zero-order chi connectivity index (χ0) is 12.3. The molecule has 6 heteroatoms. The average molecular weight is 236 g/mol. The third kappa shape index (κ3) is 2.43. The Bertz CT molecular complexity index is 504. The largest absolute Gasteiger partial charge is 0.271 e. The summed E-state index contributed by atoms with van der Waals surface area (Å²) in [6.45, 7) is 0. The molecule has 1 atom stereocenters. The molecular weight excluding hydrogens is 226 g/mol. The molecule has 0 amide bonds. The minimum absolute atomic E-state index is 0.480. The Labute approximate surface area is 96.5 Å². The Hall–Kier alpha value is -1.92. The molecule has 2 aromatic rings. The molecule has 2 rings (SSSR count). The summed E-state index contributed by atoms with van der Waals surface area (Å²) in [7, 11) is 0. The maximum absolute atomic E-state index is 13.1. The van der Waals surface area contributed by atoms with Gasteiger partial charge in [-0.2, -0.15) is 0 Å². The first-order valence-electron chi connectivity index (χ1n) is 4.88. The number of nitrogens with two attached hydrogens (primary N) is 1. The zero-order valence-electron chi connectivity index (χ0n) is 8.77. The highest BCUT2D eigenvalue weighted by Crippen LogP contribution is 2.21. The lowest BCUT2D eigenvalue weighted by Gasteiger charge is -2.15. The van der Waals surface area contributed by atoms with E-state index in [1.54, 1.807) is 12.4 Å². The lowest BCUT2D eigenvalue weighted by molar-refractivity contribution is 0.503. The van der Waals surface area contributed by atoms with E-state index in [0.29, 0.717) is 11.1 Å². The highest BCUT2D eigenvalue weighted by Gasteiger charge is 2.14. The van der Waals surface area contributed by atoms with Crippen molar-refractivity contribution in [1.82, 2.24) is 15.4 Å². The van der Waals surface area contributed by atoms with Gasteiger partial charge in [0.2, 0.25) is 0 Å². The van der Waals surface area contributed by atoms with Gasteiger partial charge in [-0.15, -0.1) is 0 Å². The van der Waals surface area contributed by atoms with Crippen LogP contribution in [-0.4, -0.2) is 9.97 Å². The number of benzene rings is 1. The Balaban J connectivity index is 2.39. The molecule has 0 aliphatic carbocycles. The quantitative estimate of drug-likeness (QED) is 0.623. The van der Waals surface area contributed by atoms with Crippen molar-refractivity contribution in [2.45, 2.75) is 6.04 Å². The Morgan fingerprint density at radius 2 is 1.76 bits per heavy atom. The number of hydrogen-bond acceptors (Lipinski definition) is 4. The molecular formula is C11H10F2N4. The number of rotatable bonds is 3. The van der Waals surface area contributed by atoms with Gasteiger partial charge >= 0.3 is 0 Å². The molecule has 1 heterocycles. The van der Waals surface area contributed by atoms with Crippen molar-refractivity contribution in [2.75, 3.05) is 0 Å². The first kappa shape index (κ1) is 11.6. The minimum atomic E-state index is -0.917. The maximum atomic E-state index is 13.1. The summed E-state index contributed by atoms with van der Waals surface area (Å²) in [6.07, 6.45) is 4.49. The minimum Gasteiger partial charge on any atom is -0.271 e. The van der Waals surface area contributed by atoms with Gasteiger partial charge in [0, 0.05) is 18.0 Å². The van der Waals surface area contributed by atoms with Gasteiger partial charge in [-0.25, -0.2) is 24.2 Å². The third-order valence-electron chi connectivity index (χ3n) is 2.36. The number of hydrazine groups is 1. The lowest BCUT2D eigenvalue weighted by atomic mass is 10.0. The van der Waals surface area contributed by atoms with Crippen LogP contribution in [0.4, 0.5) is 8.78 Å². The smallest absolute Gasteiger partial charge is 0.159 e. The van der Waals surface area contributed by atoms with E-state index < -0.39 is 17.7 Å². The first-order valence-corrected chi connectivity index (χ1v) is 4.88. The Morgan fingerprint density at radius 3 is 2.35 bits per heavy atom. The molecule has 0 fully saturated rings. The van der Waals surface area contributed by atoms with E-state index in [0.717, 1.165) is 12.1 Å². The molecule has 17 heavy (non-hydrogen) atoms. The first-order chi connectivity index (χ1) is 8.22. The predicted octanol–water partition coefficient (Wildman–Crippen LogP) is 1.31. The molecule has 3 N–H and O–H groups in total. The molecule has 1 unspecified atom stereocenters. The number of aromatic nitrogens is 2. The SMILES string of the molecule is NNC(c1cncnc1)c1ccc(F)c(F)c1.